The normalized spacial score (nSPS) is 20.8. The molecule has 1 aliphatic carbocycles. The van der Waals surface area contributed by atoms with Gasteiger partial charge in [0, 0.05) is 90.0 Å². The van der Waals surface area contributed by atoms with Crippen LogP contribution in [0.25, 0.3) is 11.0 Å². The van der Waals surface area contributed by atoms with Gasteiger partial charge >= 0.3 is 0 Å². The first-order chi connectivity index (χ1) is 24.8. The number of rotatable bonds is 9. The van der Waals surface area contributed by atoms with Crippen molar-refractivity contribution < 1.29 is 14.4 Å². The minimum atomic E-state index is -0.236. The molecule has 1 aromatic carbocycles. The van der Waals surface area contributed by atoms with Gasteiger partial charge in [0.2, 0.25) is 17.8 Å². The van der Waals surface area contributed by atoms with E-state index in [1.165, 1.54) is 5.56 Å². The molecule has 8 rings (SSSR count). The van der Waals surface area contributed by atoms with Crippen LogP contribution in [0.5, 0.6) is 0 Å². The molecule has 13 heteroatoms. The van der Waals surface area contributed by atoms with E-state index in [1.54, 1.807) is 25.2 Å². The zero-order valence-electron chi connectivity index (χ0n) is 29.4. The summed E-state index contributed by atoms with van der Waals surface area (Å²) in [6.07, 6.45) is 9.10. The maximum Gasteiger partial charge on any atom is 0.270 e. The fourth-order valence-corrected chi connectivity index (χ4v) is 8.06. The number of carbonyl (C=O) groups is 3. The molecule has 4 aromatic rings. The van der Waals surface area contributed by atoms with E-state index in [9.17, 15) is 14.4 Å². The predicted molar refractivity (Wildman–Crippen MR) is 195 cm³/mol. The first-order valence-electron chi connectivity index (χ1n) is 18.3. The Balaban J connectivity index is 0.823. The number of pyridine rings is 1. The summed E-state index contributed by atoms with van der Waals surface area (Å²) in [6, 6.07) is 15.1. The number of anilines is 3. The quantitative estimate of drug-likeness (QED) is 0.249. The monoisotopic (exact) mass is 690 g/mol. The third kappa shape index (κ3) is 6.92. The number of amides is 3. The van der Waals surface area contributed by atoms with Crippen LogP contribution in [-0.2, 0) is 16.1 Å². The molecule has 51 heavy (non-hydrogen) atoms. The smallest absolute Gasteiger partial charge is 0.270 e. The van der Waals surface area contributed by atoms with Gasteiger partial charge in [-0.3, -0.25) is 29.5 Å². The topological polar surface area (TPSA) is 132 Å². The molecule has 1 atom stereocenters. The highest BCUT2D eigenvalue weighted by atomic mass is 16.2. The van der Waals surface area contributed by atoms with E-state index in [1.807, 2.05) is 30.5 Å². The van der Waals surface area contributed by atoms with Crippen LogP contribution in [-0.4, -0.2) is 111 Å². The van der Waals surface area contributed by atoms with Gasteiger partial charge in [-0.1, -0.05) is 37.1 Å². The molecule has 3 aromatic heterocycles. The van der Waals surface area contributed by atoms with Crippen LogP contribution >= 0.6 is 0 Å². The highest BCUT2D eigenvalue weighted by Crippen LogP contribution is 2.35. The molecule has 3 amide bonds. The summed E-state index contributed by atoms with van der Waals surface area (Å²) in [5.74, 6) is 0.532. The van der Waals surface area contributed by atoms with E-state index in [0.29, 0.717) is 36.3 Å². The molecule has 4 fully saturated rings. The lowest BCUT2D eigenvalue weighted by molar-refractivity contribution is -0.134. The number of fused-ring (bicyclic) bond motifs is 1. The molecule has 0 radical (unpaired) electrons. The van der Waals surface area contributed by atoms with Crippen molar-refractivity contribution in [1.29, 1.82) is 0 Å². The molecule has 266 valence electrons. The number of piperidine rings is 1. The van der Waals surface area contributed by atoms with Crippen LogP contribution in [0.2, 0.25) is 0 Å². The van der Waals surface area contributed by atoms with Crippen LogP contribution in [0.15, 0.2) is 54.9 Å². The number of nitrogens with one attached hydrogen (secondary N) is 2. The van der Waals surface area contributed by atoms with Gasteiger partial charge in [0.05, 0.1) is 17.8 Å². The first-order valence-corrected chi connectivity index (χ1v) is 18.3. The summed E-state index contributed by atoms with van der Waals surface area (Å²) < 4.78 is 2.12. The highest BCUT2D eigenvalue weighted by Gasteiger charge is 2.34. The lowest BCUT2D eigenvalue weighted by atomic mass is 9.90. The number of aromatic nitrogens is 4. The van der Waals surface area contributed by atoms with Crippen molar-refractivity contribution in [2.75, 3.05) is 63.6 Å². The third-order valence-electron chi connectivity index (χ3n) is 11.1. The van der Waals surface area contributed by atoms with Crippen molar-refractivity contribution in [2.24, 2.45) is 0 Å². The summed E-state index contributed by atoms with van der Waals surface area (Å²) in [4.78, 5) is 60.0. The Bertz CT molecular complexity index is 1900. The summed E-state index contributed by atoms with van der Waals surface area (Å²) >= 11 is 0. The maximum atomic E-state index is 13.0. The predicted octanol–water partition coefficient (Wildman–Crippen LogP) is 3.91. The molecule has 1 unspecified atom stereocenters. The van der Waals surface area contributed by atoms with Crippen molar-refractivity contribution in [2.45, 2.75) is 63.1 Å². The minimum Gasteiger partial charge on any atom is -0.367 e. The average Bonchev–Trinajstić information content (AvgIpc) is 3.77. The van der Waals surface area contributed by atoms with E-state index < -0.39 is 0 Å². The van der Waals surface area contributed by atoms with Crippen LogP contribution < -0.4 is 15.5 Å². The molecule has 1 saturated carbocycles. The fourth-order valence-electron chi connectivity index (χ4n) is 8.06. The lowest BCUT2D eigenvalue weighted by Gasteiger charge is -2.49. The molecule has 13 nitrogen and oxygen atoms in total. The van der Waals surface area contributed by atoms with Crippen LogP contribution in [0, 0.1) is 0 Å². The first kappa shape index (κ1) is 33.3. The van der Waals surface area contributed by atoms with Crippen molar-refractivity contribution in [1.82, 2.24) is 39.5 Å². The summed E-state index contributed by atoms with van der Waals surface area (Å²) in [7, 11) is 3.57. The summed E-state index contributed by atoms with van der Waals surface area (Å²) in [5.41, 5.74) is 4.79. The molecule has 3 saturated heterocycles. The maximum absolute atomic E-state index is 13.0. The number of imide groups is 1. The Morgan fingerprint density at radius 1 is 0.922 bits per heavy atom. The lowest BCUT2D eigenvalue weighted by Crippen LogP contribution is -2.63. The minimum absolute atomic E-state index is 0.0186. The molecular formula is C38H46N10O3. The van der Waals surface area contributed by atoms with Gasteiger partial charge in [-0.2, -0.15) is 4.98 Å². The van der Waals surface area contributed by atoms with Crippen LogP contribution in [0.3, 0.4) is 0 Å². The van der Waals surface area contributed by atoms with E-state index in [2.05, 4.69) is 58.1 Å². The molecule has 0 spiro atoms. The van der Waals surface area contributed by atoms with E-state index in [-0.39, 0.29) is 29.7 Å². The molecule has 3 aliphatic heterocycles. The Morgan fingerprint density at radius 2 is 1.69 bits per heavy atom. The fraction of sp³-hybridized carbons (Fsp3) is 0.474. The Labute approximate surface area is 298 Å². The summed E-state index contributed by atoms with van der Waals surface area (Å²) in [6.45, 7) is 7.03. The second-order valence-electron chi connectivity index (χ2n) is 14.7. The Hall–Kier alpha value is -4.88. The Kier molecular flexibility index (Phi) is 9.15. The molecule has 0 bridgehead atoms. The number of hydrogen-bond donors (Lipinski definition) is 2. The van der Waals surface area contributed by atoms with E-state index >= 15 is 0 Å². The summed E-state index contributed by atoms with van der Waals surface area (Å²) in [5, 5.41) is 6.61. The van der Waals surface area contributed by atoms with Gasteiger partial charge < -0.3 is 19.7 Å². The van der Waals surface area contributed by atoms with Gasteiger partial charge in [-0.15, -0.1) is 0 Å². The highest BCUT2D eigenvalue weighted by molar-refractivity contribution is 6.01. The van der Waals surface area contributed by atoms with Gasteiger partial charge in [0.25, 0.3) is 5.91 Å². The zero-order valence-corrected chi connectivity index (χ0v) is 29.4. The largest absolute Gasteiger partial charge is 0.367 e. The second kappa shape index (κ2) is 14.0. The number of benzene rings is 1. The standard InChI is InChI=1S/C38H46N10O3/c1-44(2)37(51)32-19-27-20-40-38(43-35(27)48(32)28-5-3-4-6-28)41-33-13-11-29(21-39-33)47-23-30(24-47)46-17-15-45(16-18-46)22-25-7-9-26(10-8-25)31-12-14-34(49)42-36(31)50/h7-11,13,19-21,28,30-31H,3-6,12,14-18,22-24H2,1-2H3,(H,42,49,50)(H,39,40,41,43). The second-order valence-corrected chi connectivity index (χ2v) is 14.7. The van der Waals surface area contributed by atoms with E-state index in [0.717, 1.165) is 93.8 Å². The van der Waals surface area contributed by atoms with Crippen LogP contribution in [0.4, 0.5) is 17.5 Å². The van der Waals surface area contributed by atoms with Crippen molar-refractivity contribution >= 4 is 46.2 Å². The van der Waals surface area contributed by atoms with Crippen molar-refractivity contribution in [3.8, 4) is 0 Å². The Morgan fingerprint density at radius 3 is 2.37 bits per heavy atom. The van der Waals surface area contributed by atoms with Gasteiger partial charge in [0.15, 0.2) is 0 Å². The number of piperazine rings is 1. The third-order valence-corrected chi connectivity index (χ3v) is 11.1. The number of nitrogens with zero attached hydrogens (tertiary/aromatic N) is 8. The van der Waals surface area contributed by atoms with Gasteiger partial charge in [-0.05, 0) is 48.6 Å². The number of carbonyl (C=O) groups excluding carboxylic acids is 3. The molecule has 2 N–H and O–H groups in total. The molecular weight excluding hydrogens is 644 g/mol. The SMILES string of the molecule is CN(C)C(=O)c1cc2cnc(Nc3ccc(N4CC(N5CCN(Cc6ccc(C7CCC(=O)NC7=O)cc6)CC5)C4)cn3)nc2n1C1CCCC1. The van der Waals surface area contributed by atoms with Crippen molar-refractivity contribution in [3.05, 3.63) is 71.7 Å². The van der Waals surface area contributed by atoms with Crippen molar-refractivity contribution in [3.63, 3.8) is 0 Å². The van der Waals surface area contributed by atoms with E-state index in [4.69, 9.17) is 4.98 Å². The molecule has 6 heterocycles. The average molecular weight is 691 g/mol. The molecule has 4 aliphatic rings. The van der Waals surface area contributed by atoms with Gasteiger partial charge in [0.1, 0.15) is 17.2 Å². The van der Waals surface area contributed by atoms with Gasteiger partial charge in [-0.25, -0.2) is 9.97 Å². The zero-order chi connectivity index (χ0) is 35.1. The van der Waals surface area contributed by atoms with Crippen LogP contribution in [0.1, 0.15) is 72.1 Å². The number of hydrogen-bond acceptors (Lipinski definition) is 10.